The van der Waals surface area contributed by atoms with Gasteiger partial charge in [0.25, 0.3) is 0 Å². The van der Waals surface area contributed by atoms with Crippen LogP contribution in [0.4, 0.5) is 0 Å². The maximum atomic E-state index is 13.0. The van der Waals surface area contributed by atoms with Crippen LogP contribution in [0.1, 0.15) is 79.1 Å². The van der Waals surface area contributed by atoms with Crippen molar-refractivity contribution in [2.24, 2.45) is 17.6 Å². The van der Waals surface area contributed by atoms with Crippen molar-refractivity contribution in [3.63, 3.8) is 0 Å². The molecule has 0 bridgehead atoms. The van der Waals surface area contributed by atoms with E-state index < -0.39 is 0 Å². The number of carbonyl (C=O) groups excluding carboxylic acids is 2. The van der Waals surface area contributed by atoms with E-state index in [-0.39, 0.29) is 35.7 Å². The van der Waals surface area contributed by atoms with Crippen LogP contribution in [0.5, 0.6) is 0 Å². The van der Waals surface area contributed by atoms with Crippen molar-refractivity contribution < 1.29 is 9.59 Å². The number of amides is 2. The van der Waals surface area contributed by atoms with Crippen molar-refractivity contribution in [3.05, 3.63) is 0 Å². The van der Waals surface area contributed by atoms with Gasteiger partial charge < -0.3 is 5.73 Å². The van der Waals surface area contributed by atoms with E-state index in [0.717, 1.165) is 51.4 Å². The molecule has 1 fully saturated rings. The molecule has 4 heteroatoms. The Morgan fingerprint density at radius 1 is 0.955 bits per heavy atom. The lowest BCUT2D eigenvalue weighted by atomic mass is 9.88. The fourth-order valence-electron chi connectivity index (χ4n) is 3.57. The molecule has 0 heterocycles. The van der Waals surface area contributed by atoms with Gasteiger partial charge in [-0.15, -0.1) is 0 Å². The zero-order valence-corrected chi connectivity index (χ0v) is 14.8. The Labute approximate surface area is 135 Å². The number of hydrogen-bond donors (Lipinski definition) is 1. The molecule has 0 radical (unpaired) electrons. The average molecular weight is 310 g/mol. The van der Waals surface area contributed by atoms with E-state index in [0.29, 0.717) is 0 Å². The molecule has 4 nitrogen and oxygen atoms in total. The molecule has 1 aliphatic rings. The molecule has 0 aromatic heterocycles. The van der Waals surface area contributed by atoms with Crippen LogP contribution >= 0.6 is 0 Å². The van der Waals surface area contributed by atoms with Gasteiger partial charge in [0.15, 0.2) is 0 Å². The maximum absolute atomic E-state index is 13.0. The van der Waals surface area contributed by atoms with Crippen LogP contribution in [0, 0.1) is 11.8 Å². The zero-order chi connectivity index (χ0) is 16.7. The first-order valence-electron chi connectivity index (χ1n) is 9.12. The van der Waals surface area contributed by atoms with Gasteiger partial charge in [0.2, 0.25) is 11.8 Å². The van der Waals surface area contributed by atoms with E-state index in [9.17, 15) is 9.59 Å². The van der Waals surface area contributed by atoms with Crippen molar-refractivity contribution in [1.82, 2.24) is 4.90 Å². The lowest BCUT2D eigenvalue weighted by molar-refractivity contribution is -0.154. The highest BCUT2D eigenvalue weighted by Gasteiger charge is 2.37. The standard InChI is InChI=1S/C18H34N2O2/c1-5-13(6-2)17(21)20(18(22)14(7-3)8-4)16-11-9-10-15(19)12-16/h13-16H,5-12,19H2,1-4H3. The Balaban J connectivity index is 3.03. The summed E-state index contributed by atoms with van der Waals surface area (Å²) in [6.45, 7) is 8.10. The molecule has 0 aromatic rings. The first kappa shape index (κ1) is 19.1. The van der Waals surface area contributed by atoms with Gasteiger partial charge in [0, 0.05) is 23.9 Å². The lowest BCUT2D eigenvalue weighted by Gasteiger charge is -2.38. The van der Waals surface area contributed by atoms with E-state index in [2.05, 4.69) is 0 Å². The molecule has 0 saturated heterocycles. The highest BCUT2D eigenvalue weighted by Crippen LogP contribution is 2.27. The molecule has 0 aromatic carbocycles. The fourth-order valence-corrected chi connectivity index (χ4v) is 3.57. The molecule has 2 amide bonds. The minimum Gasteiger partial charge on any atom is -0.328 e. The molecule has 2 N–H and O–H groups in total. The van der Waals surface area contributed by atoms with Crippen molar-refractivity contribution in [2.45, 2.75) is 91.1 Å². The van der Waals surface area contributed by atoms with E-state index in [4.69, 9.17) is 5.73 Å². The average Bonchev–Trinajstić information content (AvgIpc) is 2.50. The quantitative estimate of drug-likeness (QED) is 0.783. The molecule has 22 heavy (non-hydrogen) atoms. The van der Waals surface area contributed by atoms with Crippen molar-refractivity contribution in [2.75, 3.05) is 0 Å². The van der Waals surface area contributed by atoms with Crippen LogP contribution in [0.25, 0.3) is 0 Å². The summed E-state index contributed by atoms with van der Waals surface area (Å²) < 4.78 is 0. The number of hydrogen-bond acceptors (Lipinski definition) is 3. The topological polar surface area (TPSA) is 63.4 Å². The van der Waals surface area contributed by atoms with Crippen molar-refractivity contribution >= 4 is 11.8 Å². The molecule has 128 valence electrons. The third-order valence-corrected chi connectivity index (χ3v) is 5.20. The monoisotopic (exact) mass is 310 g/mol. The third-order valence-electron chi connectivity index (χ3n) is 5.20. The summed E-state index contributed by atoms with van der Waals surface area (Å²) in [5.41, 5.74) is 6.10. The molecule has 2 atom stereocenters. The minimum absolute atomic E-state index is 0.00458. The van der Waals surface area contributed by atoms with E-state index in [1.165, 1.54) is 0 Å². The van der Waals surface area contributed by atoms with Crippen LogP contribution in [-0.2, 0) is 9.59 Å². The summed E-state index contributed by atoms with van der Waals surface area (Å²) >= 11 is 0. The normalized spacial score (nSPS) is 22.1. The molecule has 2 unspecified atom stereocenters. The van der Waals surface area contributed by atoms with Gasteiger partial charge in [-0.3, -0.25) is 14.5 Å². The molecular weight excluding hydrogens is 276 g/mol. The van der Waals surface area contributed by atoms with Gasteiger partial charge >= 0.3 is 0 Å². The highest BCUT2D eigenvalue weighted by molar-refractivity contribution is 5.97. The summed E-state index contributed by atoms with van der Waals surface area (Å²) in [5, 5.41) is 0. The Hall–Kier alpha value is -0.900. The first-order valence-corrected chi connectivity index (χ1v) is 9.12. The molecule has 1 rings (SSSR count). The van der Waals surface area contributed by atoms with Crippen LogP contribution < -0.4 is 5.73 Å². The summed E-state index contributed by atoms with van der Waals surface area (Å²) in [5.74, 6) is -0.0325. The van der Waals surface area contributed by atoms with E-state index in [1.807, 2.05) is 27.7 Å². The molecule has 0 aliphatic heterocycles. The highest BCUT2D eigenvalue weighted by atomic mass is 16.2. The Morgan fingerprint density at radius 3 is 1.77 bits per heavy atom. The predicted molar refractivity (Wildman–Crippen MR) is 90.2 cm³/mol. The van der Waals surface area contributed by atoms with Gasteiger partial charge in [-0.2, -0.15) is 0 Å². The second-order valence-corrected chi connectivity index (χ2v) is 6.65. The summed E-state index contributed by atoms with van der Waals surface area (Å²) in [7, 11) is 0. The van der Waals surface area contributed by atoms with Gasteiger partial charge in [-0.25, -0.2) is 0 Å². The summed E-state index contributed by atoms with van der Waals surface area (Å²) in [4.78, 5) is 27.5. The smallest absolute Gasteiger partial charge is 0.232 e. The number of nitrogens with two attached hydrogens (primary N) is 1. The third kappa shape index (κ3) is 4.55. The van der Waals surface area contributed by atoms with Gasteiger partial charge in [0.05, 0.1) is 0 Å². The molecule has 1 saturated carbocycles. The molecular formula is C18H34N2O2. The Morgan fingerprint density at radius 2 is 1.41 bits per heavy atom. The summed E-state index contributed by atoms with van der Waals surface area (Å²) in [6.07, 6.45) is 6.85. The molecule has 0 spiro atoms. The lowest BCUT2D eigenvalue weighted by Crippen LogP contribution is -2.52. The fraction of sp³-hybridized carbons (Fsp3) is 0.889. The van der Waals surface area contributed by atoms with Gasteiger partial charge in [0.1, 0.15) is 0 Å². The van der Waals surface area contributed by atoms with Crippen molar-refractivity contribution in [3.8, 4) is 0 Å². The Kier molecular flexibility index (Phi) is 8.08. The largest absolute Gasteiger partial charge is 0.328 e. The van der Waals surface area contributed by atoms with Crippen LogP contribution in [-0.4, -0.2) is 28.8 Å². The number of imide groups is 1. The van der Waals surface area contributed by atoms with Gasteiger partial charge in [-0.1, -0.05) is 27.7 Å². The van der Waals surface area contributed by atoms with E-state index >= 15 is 0 Å². The first-order chi connectivity index (χ1) is 10.5. The zero-order valence-electron chi connectivity index (χ0n) is 14.8. The maximum Gasteiger partial charge on any atom is 0.232 e. The van der Waals surface area contributed by atoms with Crippen LogP contribution in [0.2, 0.25) is 0 Å². The Bertz CT molecular complexity index is 338. The van der Waals surface area contributed by atoms with Crippen molar-refractivity contribution in [1.29, 1.82) is 0 Å². The van der Waals surface area contributed by atoms with E-state index in [1.54, 1.807) is 4.90 Å². The second-order valence-electron chi connectivity index (χ2n) is 6.65. The predicted octanol–water partition coefficient (Wildman–Crippen LogP) is 3.48. The number of carbonyl (C=O) groups is 2. The van der Waals surface area contributed by atoms with Crippen LogP contribution in [0.15, 0.2) is 0 Å². The molecule has 1 aliphatic carbocycles. The second kappa shape index (κ2) is 9.29. The summed E-state index contributed by atoms with van der Waals surface area (Å²) in [6, 6.07) is 0.121. The van der Waals surface area contributed by atoms with Crippen LogP contribution in [0.3, 0.4) is 0 Å². The number of nitrogens with zero attached hydrogens (tertiary/aromatic N) is 1. The number of rotatable bonds is 7. The van der Waals surface area contributed by atoms with Gasteiger partial charge in [-0.05, 0) is 51.4 Å². The minimum atomic E-state index is -0.0449. The SMILES string of the molecule is CCC(CC)C(=O)N(C(=O)C(CC)CC)C1CCCC(N)C1.